The summed E-state index contributed by atoms with van der Waals surface area (Å²) < 4.78 is 11.6. The van der Waals surface area contributed by atoms with Crippen LogP contribution in [0.4, 0.5) is 5.69 Å². The first-order valence-corrected chi connectivity index (χ1v) is 14.3. The van der Waals surface area contributed by atoms with Crippen LogP contribution in [-0.2, 0) is 11.3 Å². The number of thioether (sulfide) groups is 1. The van der Waals surface area contributed by atoms with E-state index in [1.807, 2.05) is 29.2 Å². The highest BCUT2D eigenvalue weighted by atomic mass is 35.5. The van der Waals surface area contributed by atoms with Crippen molar-refractivity contribution in [1.29, 1.82) is 0 Å². The molecular formula is C29H28Cl2N2O5S. The van der Waals surface area contributed by atoms with Crippen LogP contribution >= 0.6 is 35.0 Å². The van der Waals surface area contributed by atoms with E-state index in [0.29, 0.717) is 59.6 Å². The number of fused-ring (bicyclic) bond motifs is 1. The Labute approximate surface area is 241 Å². The summed E-state index contributed by atoms with van der Waals surface area (Å²) in [5.41, 5.74) is 3.65. The number of nitrogens with zero attached hydrogens (tertiary/aromatic N) is 2. The minimum Gasteiger partial charge on any atom is -0.478 e. The lowest BCUT2D eigenvalue weighted by Crippen LogP contribution is -2.37. The summed E-state index contributed by atoms with van der Waals surface area (Å²) in [6.07, 6.45) is 0. The van der Waals surface area contributed by atoms with Crippen LogP contribution in [0.15, 0.2) is 53.4 Å². The van der Waals surface area contributed by atoms with Crippen LogP contribution in [0.2, 0.25) is 10.0 Å². The Morgan fingerprint density at radius 3 is 2.41 bits per heavy atom. The number of anilines is 1. The number of halogens is 2. The highest BCUT2D eigenvalue weighted by Crippen LogP contribution is 2.40. The maximum Gasteiger partial charge on any atom is 0.337 e. The number of amides is 1. The quantitative estimate of drug-likeness (QED) is 0.322. The highest BCUT2D eigenvalue weighted by Gasteiger charge is 2.29. The van der Waals surface area contributed by atoms with Crippen LogP contribution in [0.1, 0.15) is 40.1 Å². The van der Waals surface area contributed by atoms with Gasteiger partial charge in [-0.2, -0.15) is 0 Å². The van der Waals surface area contributed by atoms with Crippen LogP contribution < -0.4 is 9.64 Å². The van der Waals surface area contributed by atoms with E-state index in [0.717, 1.165) is 21.6 Å². The topological polar surface area (TPSA) is 79.3 Å². The number of carbonyl (C=O) groups excluding carboxylic acids is 1. The monoisotopic (exact) mass is 586 g/mol. The molecule has 3 aromatic carbocycles. The van der Waals surface area contributed by atoms with Crippen molar-refractivity contribution in [3.63, 3.8) is 0 Å². The molecular weight excluding hydrogens is 559 g/mol. The zero-order valence-corrected chi connectivity index (χ0v) is 23.9. The normalized spacial score (nSPS) is 15.2. The summed E-state index contributed by atoms with van der Waals surface area (Å²) in [5, 5.41) is 10.7. The number of carboxylic acids is 1. The molecule has 2 heterocycles. The van der Waals surface area contributed by atoms with Crippen LogP contribution in [-0.4, -0.2) is 60.2 Å². The number of hydrogen-bond donors (Lipinski definition) is 1. The minimum absolute atomic E-state index is 0.0293. The summed E-state index contributed by atoms with van der Waals surface area (Å²) in [7, 11) is 0. The van der Waals surface area contributed by atoms with Gasteiger partial charge in [-0.05, 0) is 29.8 Å². The van der Waals surface area contributed by atoms with E-state index < -0.39 is 5.97 Å². The number of rotatable bonds is 6. The average molecular weight is 588 g/mol. The number of para-hydroxylation sites is 1. The standard InChI is InChI=1S/C29H28Cl2N2O5S/c1-17(2)39-20-13-23(30)26(24(31)14-20)28(34)33-15-19-4-3-5-21(27(19)38-16-33)18-6-7-22(29(35)36)25(12-18)32-8-10-37-11-9-32/h3-7,12-14,17H,8-11,15-16H2,1-2H3,(H,35,36). The summed E-state index contributed by atoms with van der Waals surface area (Å²) in [5.74, 6) is -0.613. The number of aromatic carboxylic acids is 1. The van der Waals surface area contributed by atoms with Gasteiger partial charge in [0.25, 0.3) is 5.91 Å². The molecule has 1 saturated heterocycles. The third kappa shape index (κ3) is 5.84. The molecule has 0 radical (unpaired) electrons. The van der Waals surface area contributed by atoms with Gasteiger partial charge in [-0.3, -0.25) is 4.79 Å². The molecule has 3 aromatic rings. The third-order valence-electron chi connectivity index (χ3n) is 6.60. The Kier molecular flexibility index (Phi) is 8.28. The molecule has 0 saturated carbocycles. The molecule has 2 aliphatic rings. The van der Waals surface area contributed by atoms with Gasteiger partial charge >= 0.3 is 5.97 Å². The molecule has 39 heavy (non-hydrogen) atoms. The Morgan fingerprint density at radius 2 is 1.74 bits per heavy atom. The molecule has 204 valence electrons. The molecule has 1 fully saturated rings. The van der Waals surface area contributed by atoms with E-state index in [1.54, 1.807) is 40.9 Å². The van der Waals surface area contributed by atoms with Crippen molar-refractivity contribution in [2.45, 2.75) is 30.5 Å². The fraction of sp³-hybridized carbons (Fsp3) is 0.310. The Hall–Kier alpha value is -2.91. The molecule has 0 atom stereocenters. The largest absolute Gasteiger partial charge is 0.478 e. The van der Waals surface area contributed by atoms with Crippen molar-refractivity contribution >= 4 is 52.5 Å². The lowest BCUT2D eigenvalue weighted by molar-refractivity contribution is 0.0516. The van der Waals surface area contributed by atoms with Gasteiger partial charge in [0.2, 0.25) is 0 Å². The first kappa shape index (κ1) is 27.6. The van der Waals surface area contributed by atoms with Crippen molar-refractivity contribution in [2.24, 2.45) is 0 Å². The van der Waals surface area contributed by atoms with E-state index in [1.165, 1.54) is 0 Å². The Bertz CT molecular complexity index is 1400. The zero-order valence-electron chi connectivity index (χ0n) is 21.6. The van der Waals surface area contributed by atoms with Gasteiger partial charge in [0.05, 0.1) is 46.6 Å². The van der Waals surface area contributed by atoms with E-state index >= 15 is 0 Å². The van der Waals surface area contributed by atoms with Crippen molar-refractivity contribution in [2.75, 3.05) is 37.9 Å². The van der Waals surface area contributed by atoms with Crippen LogP contribution in [0, 0.1) is 0 Å². The predicted octanol–water partition coefficient (Wildman–Crippen LogP) is 6.69. The number of hydrogen-bond acceptors (Lipinski definition) is 6. The summed E-state index contributed by atoms with van der Waals surface area (Å²) in [6.45, 7) is 6.83. The van der Waals surface area contributed by atoms with Gasteiger partial charge in [0.15, 0.2) is 6.73 Å². The minimum atomic E-state index is -0.975. The van der Waals surface area contributed by atoms with Gasteiger partial charge in [0.1, 0.15) is 5.75 Å². The Morgan fingerprint density at radius 1 is 1.03 bits per heavy atom. The maximum absolute atomic E-state index is 13.5. The summed E-state index contributed by atoms with van der Waals surface area (Å²) in [6, 6.07) is 14.6. The lowest BCUT2D eigenvalue weighted by Gasteiger charge is -2.32. The number of carboxylic acid groups (broad SMARTS) is 1. The molecule has 0 bridgehead atoms. The molecule has 2 aliphatic heterocycles. The third-order valence-corrected chi connectivity index (χ3v) is 8.18. The van der Waals surface area contributed by atoms with E-state index in [2.05, 4.69) is 13.8 Å². The molecule has 1 N–H and O–H groups in total. The molecule has 1 amide bonds. The first-order chi connectivity index (χ1) is 18.7. The number of ether oxygens (including phenoxy) is 2. The fourth-order valence-corrected chi connectivity index (χ4v) is 6.52. The molecule has 0 aromatic heterocycles. The SMILES string of the molecule is CC(C)Sc1cc(Cl)c(C(=O)N2COc3c(cccc3-c3ccc(C(=O)O)c(N4CCOCC4)c3)C2)c(Cl)c1. The van der Waals surface area contributed by atoms with Crippen molar-refractivity contribution in [3.05, 3.63) is 75.3 Å². The molecule has 7 nitrogen and oxygen atoms in total. The average Bonchev–Trinajstić information content (AvgIpc) is 2.91. The van der Waals surface area contributed by atoms with Gasteiger partial charge in [0, 0.05) is 34.4 Å². The zero-order chi connectivity index (χ0) is 27.7. The van der Waals surface area contributed by atoms with E-state index in [4.69, 9.17) is 32.7 Å². The molecule has 0 spiro atoms. The number of morpholine rings is 1. The van der Waals surface area contributed by atoms with Crippen molar-refractivity contribution < 1.29 is 24.2 Å². The van der Waals surface area contributed by atoms with E-state index in [-0.39, 0.29) is 23.8 Å². The number of benzene rings is 3. The fourth-order valence-electron chi connectivity index (χ4n) is 4.83. The molecule has 0 unspecified atom stereocenters. The highest BCUT2D eigenvalue weighted by molar-refractivity contribution is 7.99. The van der Waals surface area contributed by atoms with Gasteiger partial charge in [-0.15, -0.1) is 11.8 Å². The van der Waals surface area contributed by atoms with E-state index in [9.17, 15) is 14.7 Å². The summed E-state index contributed by atoms with van der Waals surface area (Å²) >= 11 is 14.6. The number of carbonyl (C=O) groups is 2. The smallest absolute Gasteiger partial charge is 0.337 e. The second-order valence-electron chi connectivity index (χ2n) is 9.64. The molecule has 10 heteroatoms. The Balaban J connectivity index is 1.43. The second kappa shape index (κ2) is 11.7. The van der Waals surface area contributed by atoms with Crippen molar-refractivity contribution in [1.82, 2.24) is 4.90 Å². The predicted molar refractivity (Wildman–Crippen MR) is 155 cm³/mol. The molecule has 5 rings (SSSR count). The van der Waals surface area contributed by atoms with Gasteiger partial charge in [-0.25, -0.2) is 4.79 Å². The maximum atomic E-state index is 13.5. The molecule has 0 aliphatic carbocycles. The van der Waals surface area contributed by atoms with Crippen molar-refractivity contribution in [3.8, 4) is 16.9 Å². The summed E-state index contributed by atoms with van der Waals surface area (Å²) in [4.78, 5) is 29.9. The van der Waals surface area contributed by atoms with Gasteiger partial charge in [-0.1, -0.05) is 61.3 Å². The lowest BCUT2D eigenvalue weighted by atomic mass is 9.97. The van der Waals surface area contributed by atoms with Crippen LogP contribution in [0.3, 0.4) is 0 Å². The van der Waals surface area contributed by atoms with Crippen LogP contribution in [0.25, 0.3) is 11.1 Å². The second-order valence-corrected chi connectivity index (χ2v) is 12.1. The first-order valence-electron chi connectivity index (χ1n) is 12.6. The van der Waals surface area contributed by atoms with Gasteiger partial charge < -0.3 is 24.4 Å². The van der Waals surface area contributed by atoms with Crippen LogP contribution in [0.5, 0.6) is 5.75 Å².